The van der Waals surface area contributed by atoms with Gasteiger partial charge in [0.15, 0.2) is 5.82 Å². The highest BCUT2D eigenvalue weighted by Gasteiger charge is 2.44. The Morgan fingerprint density at radius 3 is 2.50 bits per heavy atom. The van der Waals surface area contributed by atoms with Gasteiger partial charge in [0.1, 0.15) is 5.39 Å². The van der Waals surface area contributed by atoms with Crippen LogP contribution < -0.4 is 15.6 Å². The van der Waals surface area contributed by atoms with Crippen LogP contribution in [0.5, 0.6) is 0 Å². The van der Waals surface area contributed by atoms with Crippen molar-refractivity contribution in [1.82, 2.24) is 24.4 Å². The number of hydrogen-bond acceptors (Lipinski definition) is 7. The SMILES string of the molecule is CCCCNS(=O)(=O)c1ccc(Nc2nn(C3(CC#N)CCN(C(=O)C(C)(F)F)CC3)c3cc[nH]c(=O)c23)cc1. The molecule has 0 spiro atoms. The second-order valence-corrected chi connectivity index (χ2v) is 11.7. The van der Waals surface area contributed by atoms with Crippen LogP contribution in [0.25, 0.3) is 10.9 Å². The molecule has 0 aliphatic carbocycles. The highest BCUT2D eigenvalue weighted by atomic mass is 32.2. The molecule has 1 aromatic carbocycles. The summed E-state index contributed by atoms with van der Waals surface area (Å²) in [6, 6.07) is 9.77. The minimum atomic E-state index is -3.67. The molecule has 214 valence electrons. The third-order valence-corrected chi connectivity index (χ3v) is 8.54. The van der Waals surface area contributed by atoms with Gasteiger partial charge in [0.05, 0.1) is 28.4 Å². The van der Waals surface area contributed by atoms with Crippen LogP contribution in [0.2, 0.25) is 0 Å². The number of piperidine rings is 1. The zero-order valence-corrected chi connectivity index (χ0v) is 23.0. The first kappa shape index (κ1) is 29.2. The molecule has 0 saturated carbocycles. The van der Waals surface area contributed by atoms with Crippen molar-refractivity contribution >= 4 is 38.3 Å². The summed E-state index contributed by atoms with van der Waals surface area (Å²) >= 11 is 0. The molecule has 1 amide bonds. The van der Waals surface area contributed by atoms with Crippen molar-refractivity contribution in [1.29, 1.82) is 5.26 Å². The first-order valence-corrected chi connectivity index (χ1v) is 14.4. The van der Waals surface area contributed by atoms with Gasteiger partial charge in [-0.15, -0.1) is 0 Å². The lowest BCUT2D eigenvalue weighted by Gasteiger charge is -2.41. The van der Waals surface area contributed by atoms with E-state index in [2.05, 4.69) is 26.2 Å². The van der Waals surface area contributed by atoms with Gasteiger partial charge in [0, 0.05) is 38.4 Å². The van der Waals surface area contributed by atoms with E-state index in [1.165, 1.54) is 18.3 Å². The maximum Gasteiger partial charge on any atom is 0.322 e. The zero-order valence-electron chi connectivity index (χ0n) is 22.2. The number of nitriles is 1. The number of aromatic amines is 1. The molecule has 11 nitrogen and oxygen atoms in total. The van der Waals surface area contributed by atoms with Gasteiger partial charge in [-0.1, -0.05) is 13.3 Å². The number of alkyl halides is 2. The molecule has 3 heterocycles. The van der Waals surface area contributed by atoms with E-state index in [1.54, 1.807) is 22.9 Å². The summed E-state index contributed by atoms with van der Waals surface area (Å²) in [6.07, 6.45) is 3.38. The number of nitrogens with zero attached hydrogens (tertiary/aromatic N) is 4. The molecule has 0 bridgehead atoms. The van der Waals surface area contributed by atoms with Crippen molar-refractivity contribution in [2.45, 2.75) is 62.3 Å². The van der Waals surface area contributed by atoms with Crippen molar-refractivity contribution in [2.75, 3.05) is 25.0 Å². The number of rotatable bonds is 10. The number of H-pyrrole nitrogens is 1. The Bertz CT molecular complexity index is 1580. The van der Waals surface area contributed by atoms with Crippen LogP contribution in [0, 0.1) is 11.3 Å². The monoisotopic (exact) mass is 575 g/mol. The third-order valence-electron chi connectivity index (χ3n) is 7.07. The van der Waals surface area contributed by atoms with Crippen LogP contribution >= 0.6 is 0 Å². The molecule has 4 rings (SSSR count). The van der Waals surface area contributed by atoms with Gasteiger partial charge in [0.2, 0.25) is 10.0 Å². The lowest BCUT2D eigenvalue weighted by Crippen LogP contribution is -2.51. The highest BCUT2D eigenvalue weighted by molar-refractivity contribution is 7.89. The highest BCUT2D eigenvalue weighted by Crippen LogP contribution is 2.38. The van der Waals surface area contributed by atoms with Crippen LogP contribution in [0.1, 0.15) is 46.0 Å². The molecule has 0 radical (unpaired) electrons. The minimum Gasteiger partial charge on any atom is -0.338 e. The summed E-state index contributed by atoms with van der Waals surface area (Å²) < 4.78 is 56.4. The van der Waals surface area contributed by atoms with Gasteiger partial charge in [-0.3, -0.25) is 14.3 Å². The Hall–Kier alpha value is -3.83. The molecule has 1 fully saturated rings. The van der Waals surface area contributed by atoms with Crippen molar-refractivity contribution in [3.8, 4) is 6.07 Å². The zero-order chi connectivity index (χ0) is 29.1. The van der Waals surface area contributed by atoms with Gasteiger partial charge < -0.3 is 15.2 Å². The Kier molecular flexibility index (Phi) is 8.27. The largest absolute Gasteiger partial charge is 0.338 e. The summed E-state index contributed by atoms with van der Waals surface area (Å²) in [7, 11) is -3.67. The van der Waals surface area contributed by atoms with Crippen molar-refractivity contribution in [3.05, 3.63) is 46.9 Å². The van der Waals surface area contributed by atoms with Crippen molar-refractivity contribution < 1.29 is 22.0 Å². The number of carbonyl (C=O) groups is 1. The molecule has 2 aromatic heterocycles. The van der Waals surface area contributed by atoms with Crippen LogP contribution in [-0.2, 0) is 20.4 Å². The number of likely N-dealkylation sites (tertiary alicyclic amines) is 1. The van der Waals surface area contributed by atoms with Gasteiger partial charge in [-0.05, 0) is 49.6 Å². The van der Waals surface area contributed by atoms with E-state index >= 15 is 0 Å². The molecule has 0 unspecified atom stereocenters. The molecule has 40 heavy (non-hydrogen) atoms. The van der Waals surface area contributed by atoms with Gasteiger partial charge in [-0.25, -0.2) is 13.1 Å². The summed E-state index contributed by atoms with van der Waals surface area (Å²) in [5.41, 5.74) is -0.470. The second-order valence-electron chi connectivity index (χ2n) is 9.97. The number of fused-ring (bicyclic) bond motifs is 1. The number of halogens is 2. The molecule has 14 heteroatoms. The quantitative estimate of drug-likeness (QED) is 0.313. The van der Waals surface area contributed by atoms with Gasteiger partial charge >= 0.3 is 5.92 Å². The predicted octanol–water partition coefficient (Wildman–Crippen LogP) is 3.43. The summed E-state index contributed by atoms with van der Waals surface area (Å²) in [6.45, 7) is 2.86. The van der Waals surface area contributed by atoms with E-state index in [0.717, 1.165) is 17.7 Å². The topological polar surface area (TPSA) is 153 Å². The fourth-order valence-corrected chi connectivity index (χ4v) is 5.94. The van der Waals surface area contributed by atoms with Crippen LogP contribution in [-0.4, -0.2) is 59.5 Å². The molecule has 3 N–H and O–H groups in total. The van der Waals surface area contributed by atoms with E-state index in [-0.39, 0.29) is 48.5 Å². The first-order chi connectivity index (χ1) is 18.9. The standard InChI is InChI=1S/C26H31F2N7O4S/c1-3-4-14-31-40(38,39)19-7-5-18(6-8-19)32-22-21-20(9-15-30-23(21)36)35(33-22)26(10-13-29)11-16-34(17-12-26)24(37)25(2,27)28/h5-9,15,31H,3-4,10-12,14,16-17H2,1-2H3,(H,30,36)(H,32,33). The van der Waals surface area contributed by atoms with Gasteiger partial charge in [-0.2, -0.15) is 19.1 Å². The van der Waals surface area contributed by atoms with Crippen LogP contribution in [0.3, 0.4) is 0 Å². The molecule has 3 aromatic rings. The normalized spacial score (nSPS) is 15.6. The maximum atomic E-state index is 13.6. The van der Waals surface area contributed by atoms with Crippen molar-refractivity contribution in [2.24, 2.45) is 0 Å². The molecule has 1 aliphatic heterocycles. The summed E-state index contributed by atoms with van der Waals surface area (Å²) in [5, 5.41) is 17.6. The lowest BCUT2D eigenvalue weighted by atomic mass is 9.84. The number of unbranched alkanes of at least 4 members (excludes halogenated alkanes) is 1. The maximum absolute atomic E-state index is 13.6. The van der Waals surface area contributed by atoms with E-state index in [9.17, 15) is 32.0 Å². The molecular formula is C26H31F2N7O4S. The number of nitrogens with one attached hydrogen (secondary N) is 3. The Labute approximate surface area is 230 Å². The molecule has 0 atom stereocenters. The number of anilines is 2. The number of hydrogen-bond donors (Lipinski definition) is 3. The second kappa shape index (κ2) is 11.3. The van der Waals surface area contributed by atoms with Crippen molar-refractivity contribution in [3.63, 3.8) is 0 Å². The number of benzene rings is 1. The number of sulfonamides is 1. The predicted molar refractivity (Wildman–Crippen MR) is 145 cm³/mol. The lowest BCUT2D eigenvalue weighted by molar-refractivity contribution is -0.157. The average molecular weight is 576 g/mol. The Morgan fingerprint density at radius 2 is 1.90 bits per heavy atom. The van der Waals surface area contributed by atoms with Crippen LogP contribution in [0.4, 0.5) is 20.3 Å². The molecule has 1 aliphatic rings. The fourth-order valence-electron chi connectivity index (χ4n) is 4.86. The van der Waals surface area contributed by atoms with Gasteiger partial charge in [0.25, 0.3) is 11.5 Å². The minimum absolute atomic E-state index is 0.000519. The smallest absolute Gasteiger partial charge is 0.322 e. The number of pyridine rings is 1. The fraction of sp³-hybridized carbons (Fsp3) is 0.462. The van der Waals surface area contributed by atoms with E-state index < -0.39 is 33.0 Å². The van der Waals surface area contributed by atoms with E-state index in [0.29, 0.717) is 24.7 Å². The summed E-state index contributed by atoms with van der Waals surface area (Å²) in [4.78, 5) is 28.8. The molecule has 1 saturated heterocycles. The Balaban J connectivity index is 1.66. The van der Waals surface area contributed by atoms with E-state index in [4.69, 9.17) is 0 Å². The number of amides is 1. The molecular weight excluding hydrogens is 544 g/mol. The van der Waals surface area contributed by atoms with Crippen LogP contribution in [0.15, 0.2) is 46.2 Å². The number of aromatic nitrogens is 3. The number of carbonyl (C=O) groups excluding carboxylic acids is 1. The summed E-state index contributed by atoms with van der Waals surface area (Å²) in [5.74, 6) is -4.59. The average Bonchev–Trinajstić information content (AvgIpc) is 3.29. The Morgan fingerprint density at radius 1 is 1.23 bits per heavy atom. The third kappa shape index (κ3) is 5.85. The first-order valence-electron chi connectivity index (χ1n) is 12.9. The van der Waals surface area contributed by atoms with E-state index in [1.807, 2.05) is 6.92 Å².